The van der Waals surface area contributed by atoms with Gasteiger partial charge in [-0.15, -0.1) is 0 Å². The Balaban J connectivity index is 0.00000216. The Morgan fingerprint density at radius 1 is 1.15 bits per heavy atom. The van der Waals surface area contributed by atoms with E-state index in [1.54, 1.807) is 0 Å². The highest BCUT2D eigenvalue weighted by molar-refractivity contribution is 5.80. The summed E-state index contributed by atoms with van der Waals surface area (Å²) in [5.41, 5.74) is 8.42. The largest absolute Gasteiger partial charge is 0.374 e. The topological polar surface area (TPSA) is 111 Å². The molecule has 1 unspecified atom stereocenters. The fraction of sp³-hybridized carbons (Fsp3) is 0.700. The Labute approximate surface area is 240 Å². The number of hydrogen-bond donors (Lipinski definition) is 2. The number of likely N-dealkylation sites (tertiary alicyclic amines) is 1. The predicted molar refractivity (Wildman–Crippen MR) is 159 cm³/mol. The lowest BCUT2D eigenvalue weighted by atomic mass is 9.96. The van der Waals surface area contributed by atoms with Gasteiger partial charge in [0.15, 0.2) is 0 Å². The number of rotatable bonds is 14. The third-order valence-electron chi connectivity index (χ3n) is 8.56. The van der Waals surface area contributed by atoms with E-state index in [0.717, 1.165) is 88.7 Å². The Hall–Kier alpha value is -2.37. The molecular formula is C30H50N6O4. The second-order valence-corrected chi connectivity index (χ2v) is 11.3. The molecule has 3 N–H and O–H groups in total. The molecule has 1 atom stereocenters. The van der Waals surface area contributed by atoms with Gasteiger partial charge in [0.2, 0.25) is 5.91 Å². The van der Waals surface area contributed by atoms with Crippen LogP contribution in [0.2, 0.25) is 0 Å². The van der Waals surface area contributed by atoms with Gasteiger partial charge in [-0.25, -0.2) is 0 Å². The summed E-state index contributed by atoms with van der Waals surface area (Å²) in [6.45, 7) is 16.2. The Bertz CT molecular complexity index is 913. The molecular weight excluding hydrogens is 508 g/mol. The van der Waals surface area contributed by atoms with E-state index >= 15 is 0 Å². The van der Waals surface area contributed by atoms with Gasteiger partial charge in [-0.1, -0.05) is 13.3 Å². The molecule has 0 bridgehead atoms. The van der Waals surface area contributed by atoms with Gasteiger partial charge in [-0.2, -0.15) is 0 Å². The molecule has 224 valence electrons. The summed E-state index contributed by atoms with van der Waals surface area (Å²) in [6, 6.07) is 5.78. The van der Waals surface area contributed by atoms with Crippen molar-refractivity contribution in [2.45, 2.75) is 51.3 Å². The number of anilines is 1. The Kier molecular flexibility index (Phi) is 13.5. The number of likely N-dealkylation sites (N-methyl/N-ethyl adjacent to an activating group) is 1. The van der Waals surface area contributed by atoms with Crippen LogP contribution >= 0.6 is 0 Å². The zero-order valence-corrected chi connectivity index (χ0v) is 24.6. The average Bonchev–Trinajstić information content (AvgIpc) is 2.95. The number of hydrogen-bond acceptors (Lipinski definition) is 9. The quantitative estimate of drug-likeness (QED) is 0.326. The molecule has 3 heterocycles. The van der Waals surface area contributed by atoms with Crippen molar-refractivity contribution in [2.75, 3.05) is 84.0 Å². The molecule has 4 rings (SSSR count). The molecule has 0 aromatic heterocycles. The van der Waals surface area contributed by atoms with Crippen LogP contribution in [0.4, 0.5) is 5.69 Å². The number of nitrogens with zero attached hydrogens (tertiary/aromatic N) is 4. The van der Waals surface area contributed by atoms with Crippen molar-refractivity contribution >= 4 is 24.7 Å². The van der Waals surface area contributed by atoms with Crippen molar-refractivity contribution in [1.29, 1.82) is 0 Å². The second kappa shape index (κ2) is 16.8. The number of carbonyl (C=O) groups is 3. The average molecular weight is 559 g/mol. The van der Waals surface area contributed by atoms with Crippen molar-refractivity contribution < 1.29 is 19.1 Å². The SMILES string of the molecule is C=O.CCCC(C(N)=O)N(C)Cc1cc(N2CCN(CC3CCN(CCOC4CNC4)CC3)CC2)ccc1C=O. The zero-order chi connectivity index (χ0) is 28.9. The lowest BCUT2D eigenvalue weighted by molar-refractivity contribution is -0.123. The number of aldehydes is 1. The van der Waals surface area contributed by atoms with Crippen LogP contribution in [0.3, 0.4) is 0 Å². The molecule has 1 aromatic rings. The number of piperidine rings is 1. The number of primary amides is 1. The number of benzene rings is 1. The normalized spacial score (nSPS) is 20.0. The number of piperazine rings is 1. The van der Waals surface area contributed by atoms with Crippen molar-refractivity contribution in [1.82, 2.24) is 20.0 Å². The number of nitrogens with one attached hydrogen (secondary N) is 1. The van der Waals surface area contributed by atoms with Gasteiger partial charge in [-0.05, 0) is 69.1 Å². The van der Waals surface area contributed by atoms with Gasteiger partial charge >= 0.3 is 0 Å². The summed E-state index contributed by atoms with van der Waals surface area (Å²) in [7, 11) is 1.91. The third-order valence-corrected chi connectivity index (χ3v) is 8.56. The summed E-state index contributed by atoms with van der Waals surface area (Å²) < 4.78 is 5.89. The first-order valence-corrected chi connectivity index (χ1v) is 14.8. The smallest absolute Gasteiger partial charge is 0.234 e. The molecule has 1 aromatic carbocycles. The first-order valence-electron chi connectivity index (χ1n) is 14.8. The summed E-state index contributed by atoms with van der Waals surface area (Å²) >= 11 is 0. The standard InChI is InChI=1S/C29H48N6O3.CH2O/c1-3-4-28(29(30)37)32(2)21-25-17-26(6-5-24(25)22-36)35-13-11-34(12-14-35)20-23-7-9-33(10-8-23)15-16-38-27-18-31-19-27;1-2/h5-6,17,22-23,27-28,31H,3-4,7-16,18-21H2,1-2H3,(H2,30,37);1H2. The molecule has 0 spiro atoms. The molecule has 3 fully saturated rings. The van der Waals surface area contributed by atoms with Crippen LogP contribution in [0, 0.1) is 5.92 Å². The van der Waals surface area contributed by atoms with Crippen molar-refractivity contribution in [3.05, 3.63) is 29.3 Å². The molecule has 40 heavy (non-hydrogen) atoms. The fourth-order valence-electron chi connectivity index (χ4n) is 5.95. The van der Waals surface area contributed by atoms with Crippen molar-refractivity contribution in [3.8, 4) is 0 Å². The van der Waals surface area contributed by atoms with E-state index < -0.39 is 0 Å². The van der Waals surface area contributed by atoms with Crippen LogP contribution < -0.4 is 16.0 Å². The van der Waals surface area contributed by atoms with Crippen LogP contribution in [-0.2, 0) is 20.9 Å². The number of ether oxygens (including phenoxy) is 1. The monoisotopic (exact) mass is 558 g/mol. The van der Waals surface area contributed by atoms with E-state index in [-0.39, 0.29) is 11.9 Å². The molecule has 10 heteroatoms. The van der Waals surface area contributed by atoms with Gasteiger partial charge in [0.1, 0.15) is 13.1 Å². The second-order valence-electron chi connectivity index (χ2n) is 11.3. The summed E-state index contributed by atoms with van der Waals surface area (Å²) in [4.78, 5) is 41.3. The first-order chi connectivity index (χ1) is 19.5. The summed E-state index contributed by atoms with van der Waals surface area (Å²) in [5, 5.41) is 3.26. The molecule has 3 aliphatic rings. The van der Waals surface area contributed by atoms with Gasteiger partial charge < -0.3 is 30.4 Å². The third kappa shape index (κ3) is 9.34. The van der Waals surface area contributed by atoms with E-state index in [0.29, 0.717) is 18.2 Å². The summed E-state index contributed by atoms with van der Waals surface area (Å²) in [6.07, 6.45) is 5.50. The highest BCUT2D eigenvalue weighted by Gasteiger charge is 2.25. The van der Waals surface area contributed by atoms with Crippen LogP contribution in [0.1, 0.15) is 48.5 Å². The predicted octanol–water partition coefficient (Wildman–Crippen LogP) is 1.22. The molecule has 0 radical (unpaired) electrons. The highest BCUT2D eigenvalue weighted by Crippen LogP contribution is 2.24. The Morgan fingerprint density at radius 2 is 1.85 bits per heavy atom. The highest BCUT2D eigenvalue weighted by atomic mass is 16.5. The van der Waals surface area contributed by atoms with Crippen LogP contribution in [0.15, 0.2) is 18.2 Å². The Morgan fingerprint density at radius 3 is 2.42 bits per heavy atom. The van der Waals surface area contributed by atoms with E-state index in [2.05, 4.69) is 39.1 Å². The van der Waals surface area contributed by atoms with E-state index in [1.165, 1.54) is 32.5 Å². The minimum absolute atomic E-state index is 0.310. The van der Waals surface area contributed by atoms with Crippen molar-refractivity contribution in [2.24, 2.45) is 11.7 Å². The van der Waals surface area contributed by atoms with E-state index in [1.807, 2.05) is 24.8 Å². The molecule has 0 saturated carbocycles. The fourth-order valence-corrected chi connectivity index (χ4v) is 5.95. The first kappa shape index (κ1) is 32.1. The van der Waals surface area contributed by atoms with Gasteiger partial charge in [0.25, 0.3) is 0 Å². The molecule has 1 amide bonds. The van der Waals surface area contributed by atoms with Crippen LogP contribution in [0.25, 0.3) is 0 Å². The maximum atomic E-state index is 11.9. The minimum Gasteiger partial charge on any atom is -0.374 e. The lowest BCUT2D eigenvalue weighted by Gasteiger charge is -2.40. The molecule has 0 aliphatic carbocycles. The van der Waals surface area contributed by atoms with Crippen molar-refractivity contribution in [3.63, 3.8) is 0 Å². The van der Waals surface area contributed by atoms with Gasteiger partial charge in [0, 0.05) is 70.2 Å². The zero-order valence-electron chi connectivity index (χ0n) is 24.6. The van der Waals surface area contributed by atoms with E-state index in [4.69, 9.17) is 15.3 Å². The minimum atomic E-state index is -0.322. The molecule has 10 nitrogen and oxygen atoms in total. The van der Waals surface area contributed by atoms with Gasteiger partial charge in [-0.3, -0.25) is 19.4 Å². The number of nitrogens with two attached hydrogens (primary N) is 1. The lowest BCUT2D eigenvalue weighted by Crippen LogP contribution is -2.50. The van der Waals surface area contributed by atoms with Crippen LogP contribution in [0.5, 0.6) is 0 Å². The molecule has 3 aliphatic heterocycles. The number of amides is 1. The molecule has 3 saturated heterocycles. The maximum Gasteiger partial charge on any atom is 0.234 e. The summed E-state index contributed by atoms with van der Waals surface area (Å²) in [5.74, 6) is 0.473. The van der Waals surface area contributed by atoms with E-state index in [9.17, 15) is 9.59 Å². The van der Waals surface area contributed by atoms with Gasteiger partial charge in [0.05, 0.1) is 18.8 Å². The van der Waals surface area contributed by atoms with Crippen LogP contribution in [-0.4, -0.2) is 125 Å². The number of carbonyl (C=O) groups excluding carboxylic acids is 3. The maximum absolute atomic E-state index is 11.9.